The van der Waals surface area contributed by atoms with E-state index in [1.165, 1.54) is 18.2 Å². The number of halogens is 3. The summed E-state index contributed by atoms with van der Waals surface area (Å²) in [6.07, 6.45) is 0. The Labute approximate surface area is 158 Å². The maximum atomic E-state index is 12.3. The lowest BCUT2D eigenvalue weighted by molar-refractivity contribution is 0.376. The summed E-state index contributed by atoms with van der Waals surface area (Å²) in [6.45, 7) is -0.206. The molecule has 0 radical (unpaired) electrons. The van der Waals surface area contributed by atoms with E-state index < -0.39 is 10.0 Å². The van der Waals surface area contributed by atoms with Gasteiger partial charge in [-0.1, -0.05) is 52.1 Å². The molecule has 10 heteroatoms. The average Bonchev–Trinajstić information content (AvgIpc) is 3.04. The molecule has 0 aliphatic heterocycles. The molecule has 0 aliphatic carbocycles. The van der Waals surface area contributed by atoms with E-state index in [1.54, 1.807) is 24.3 Å². The third-order valence-corrected chi connectivity index (χ3v) is 5.63. The monoisotopic (exact) mass is 417 g/mol. The van der Waals surface area contributed by atoms with Gasteiger partial charge in [0.05, 0.1) is 16.6 Å². The van der Waals surface area contributed by atoms with Crippen LogP contribution in [-0.4, -0.2) is 18.6 Å². The average molecular weight is 419 g/mol. The SMILES string of the molecule is O=S(=O)(NCc1nc(-c2ccccc2Cl)no1)c1cc(Cl)ccc1Cl. The lowest BCUT2D eigenvalue weighted by Gasteiger charge is -2.06. The zero-order valence-corrected chi connectivity index (χ0v) is 15.5. The van der Waals surface area contributed by atoms with Crippen LogP contribution in [0.1, 0.15) is 5.89 Å². The van der Waals surface area contributed by atoms with Crippen LogP contribution in [0.2, 0.25) is 15.1 Å². The van der Waals surface area contributed by atoms with Gasteiger partial charge in [0, 0.05) is 10.6 Å². The molecule has 0 aliphatic rings. The molecule has 2 aromatic carbocycles. The highest BCUT2D eigenvalue weighted by Gasteiger charge is 2.20. The predicted molar refractivity (Wildman–Crippen MR) is 95.2 cm³/mol. The molecule has 1 heterocycles. The number of benzene rings is 2. The van der Waals surface area contributed by atoms with Crippen molar-refractivity contribution in [1.29, 1.82) is 0 Å². The van der Waals surface area contributed by atoms with Gasteiger partial charge in [-0.15, -0.1) is 0 Å². The second-order valence-corrected chi connectivity index (χ2v) is 7.88. The minimum Gasteiger partial charge on any atom is -0.338 e. The van der Waals surface area contributed by atoms with Gasteiger partial charge in [0.25, 0.3) is 0 Å². The molecule has 0 fully saturated rings. The van der Waals surface area contributed by atoms with Crippen molar-refractivity contribution in [2.24, 2.45) is 0 Å². The van der Waals surface area contributed by atoms with Crippen molar-refractivity contribution in [2.45, 2.75) is 11.4 Å². The molecule has 130 valence electrons. The fourth-order valence-corrected chi connectivity index (χ4v) is 3.95. The molecule has 0 amide bonds. The third-order valence-electron chi connectivity index (χ3n) is 3.18. The van der Waals surface area contributed by atoms with Gasteiger partial charge in [0.2, 0.25) is 21.7 Å². The first-order valence-electron chi connectivity index (χ1n) is 6.89. The molecule has 0 saturated carbocycles. The molecular formula is C15H10Cl3N3O3S. The van der Waals surface area contributed by atoms with Gasteiger partial charge in [0.15, 0.2) is 0 Å². The summed E-state index contributed by atoms with van der Waals surface area (Å²) in [5.74, 6) is 0.345. The van der Waals surface area contributed by atoms with E-state index in [2.05, 4.69) is 14.9 Å². The Morgan fingerprint density at radius 1 is 1.04 bits per heavy atom. The van der Waals surface area contributed by atoms with Crippen LogP contribution >= 0.6 is 34.8 Å². The Hall–Kier alpha value is -1.64. The lowest BCUT2D eigenvalue weighted by atomic mass is 10.2. The van der Waals surface area contributed by atoms with Crippen molar-refractivity contribution < 1.29 is 12.9 Å². The summed E-state index contributed by atoms with van der Waals surface area (Å²) in [7, 11) is -3.90. The van der Waals surface area contributed by atoms with Crippen molar-refractivity contribution >= 4 is 44.8 Å². The maximum absolute atomic E-state index is 12.3. The summed E-state index contributed by atoms with van der Waals surface area (Å²) in [6, 6.07) is 11.1. The molecular weight excluding hydrogens is 409 g/mol. The van der Waals surface area contributed by atoms with Gasteiger partial charge in [-0.2, -0.15) is 4.98 Å². The van der Waals surface area contributed by atoms with E-state index in [9.17, 15) is 8.42 Å². The van der Waals surface area contributed by atoms with E-state index in [1.807, 2.05) is 0 Å². The predicted octanol–water partition coefficient (Wildman–Crippen LogP) is 4.18. The molecule has 25 heavy (non-hydrogen) atoms. The van der Waals surface area contributed by atoms with Crippen molar-refractivity contribution in [3.63, 3.8) is 0 Å². The summed E-state index contributed by atoms with van der Waals surface area (Å²) in [5, 5.41) is 4.57. The first kappa shape index (κ1) is 18.2. The largest absolute Gasteiger partial charge is 0.338 e. The molecule has 0 bridgehead atoms. The smallest absolute Gasteiger partial charge is 0.242 e. The number of rotatable bonds is 5. The topological polar surface area (TPSA) is 85.1 Å². The second kappa shape index (κ2) is 7.31. The molecule has 0 spiro atoms. The summed E-state index contributed by atoms with van der Waals surface area (Å²) in [5.41, 5.74) is 0.583. The molecule has 3 aromatic rings. The van der Waals surface area contributed by atoms with Crippen molar-refractivity contribution in [3.05, 3.63) is 63.4 Å². The zero-order chi connectivity index (χ0) is 18.0. The van der Waals surface area contributed by atoms with Gasteiger partial charge < -0.3 is 4.52 Å². The van der Waals surface area contributed by atoms with Crippen LogP contribution in [0.4, 0.5) is 0 Å². The van der Waals surface area contributed by atoms with Gasteiger partial charge in [-0.3, -0.25) is 0 Å². The summed E-state index contributed by atoms with van der Waals surface area (Å²) >= 11 is 17.8. The number of hydrogen-bond acceptors (Lipinski definition) is 5. The maximum Gasteiger partial charge on any atom is 0.242 e. The highest BCUT2D eigenvalue weighted by Crippen LogP contribution is 2.26. The van der Waals surface area contributed by atoms with E-state index in [0.717, 1.165) is 0 Å². The first-order valence-corrected chi connectivity index (χ1v) is 9.51. The second-order valence-electron chi connectivity index (χ2n) is 4.89. The van der Waals surface area contributed by atoms with E-state index in [4.69, 9.17) is 39.3 Å². The fraction of sp³-hybridized carbons (Fsp3) is 0.0667. The van der Waals surface area contributed by atoms with E-state index >= 15 is 0 Å². The third kappa shape index (κ3) is 4.13. The molecule has 6 nitrogen and oxygen atoms in total. The Morgan fingerprint density at radius 2 is 1.80 bits per heavy atom. The standard InChI is InChI=1S/C15H10Cl3N3O3S/c16-9-5-6-12(18)13(7-9)25(22,23)19-8-14-20-15(21-24-14)10-3-1-2-4-11(10)17/h1-7,19H,8H2. The number of sulfonamides is 1. The van der Waals surface area contributed by atoms with Crippen molar-refractivity contribution in [3.8, 4) is 11.4 Å². The van der Waals surface area contributed by atoms with Crippen LogP contribution in [0.25, 0.3) is 11.4 Å². The molecule has 0 unspecified atom stereocenters. The summed E-state index contributed by atoms with van der Waals surface area (Å²) in [4.78, 5) is 4.00. The fourth-order valence-electron chi connectivity index (χ4n) is 2.00. The quantitative estimate of drug-likeness (QED) is 0.672. The highest BCUT2D eigenvalue weighted by atomic mass is 35.5. The molecule has 1 aromatic heterocycles. The number of hydrogen-bond donors (Lipinski definition) is 1. The number of nitrogens with zero attached hydrogens (tertiary/aromatic N) is 2. The number of aromatic nitrogens is 2. The van der Waals surface area contributed by atoms with Gasteiger partial charge in [-0.05, 0) is 30.3 Å². The van der Waals surface area contributed by atoms with Crippen LogP contribution in [0.15, 0.2) is 51.9 Å². The van der Waals surface area contributed by atoms with E-state index in [-0.39, 0.29) is 33.2 Å². The minimum atomic E-state index is -3.90. The van der Waals surface area contributed by atoms with Crippen LogP contribution in [0.5, 0.6) is 0 Å². The van der Waals surface area contributed by atoms with Gasteiger partial charge in [0.1, 0.15) is 4.90 Å². The molecule has 0 saturated heterocycles. The Bertz CT molecular complexity index is 1020. The zero-order valence-electron chi connectivity index (χ0n) is 12.4. The van der Waals surface area contributed by atoms with Gasteiger partial charge in [-0.25, -0.2) is 13.1 Å². The molecule has 3 rings (SSSR count). The summed E-state index contributed by atoms with van der Waals surface area (Å²) < 4.78 is 32.1. The first-order chi connectivity index (χ1) is 11.9. The van der Waals surface area contributed by atoms with Crippen LogP contribution in [-0.2, 0) is 16.6 Å². The Balaban J connectivity index is 1.78. The van der Waals surface area contributed by atoms with Crippen LogP contribution in [0, 0.1) is 0 Å². The van der Waals surface area contributed by atoms with Crippen LogP contribution < -0.4 is 4.72 Å². The Morgan fingerprint density at radius 3 is 2.56 bits per heavy atom. The minimum absolute atomic E-state index is 0.0548. The van der Waals surface area contributed by atoms with Crippen molar-refractivity contribution in [1.82, 2.24) is 14.9 Å². The van der Waals surface area contributed by atoms with E-state index in [0.29, 0.717) is 10.6 Å². The van der Waals surface area contributed by atoms with Crippen molar-refractivity contribution in [2.75, 3.05) is 0 Å². The highest BCUT2D eigenvalue weighted by molar-refractivity contribution is 7.89. The number of nitrogens with one attached hydrogen (secondary N) is 1. The van der Waals surface area contributed by atoms with Gasteiger partial charge >= 0.3 is 0 Å². The Kier molecular flexibility index (Phi) is 5.31. The normalized spacial score (nSPS) is 11.6. The molecule has 1 N–H and O–H groups in total. The van der Waals surface area contributed by atoms with Crippen LogP contribution in [0.3, 0.4) is 0 Å². The molecule has 0 atom stereocenters. The lowest BCUT2D eigenvalue weighted by Crippen LogP contribution is -2.23.